The van der Waals surface area contributed by atoms with Gasteiger partial charge in [-0.3, -0.25) is 4.55 Å². The Morgan fingerprint density at radius 1 is 1.13 bits per heavy atom. The number of nitrogens with two attached hydrogens (primary N) is 2. The van der Waals surface area contributed by atoms with Gasteiger partial charge in [-0.15, -0.1) is 0 Å². The quantitative estimate of drug-likeness (QED) is 0.274. The zero-order valence-corrected chi connectivity index (χ0v) is 12.6. The summed E-state index contributed by atoms with van der Waals surface area (Å²) in [5, 5.41) is 0. The summed E-state index contributed by atoms with van der Waals surface area (Å²) >= 11 is 0. The maximum atomic E-state index is 10.1. The molecule has 0 fully saturated rings. The summed E-state index contributed by atoms with van der Waals surface area (Å²) in [6.07, 6.45) is 3.57. The molecule has 0 rings (SSSR count). The molecule has 0 aromatic carbocycles. The van der Waals surface area contributed by atoms with Crippen LogP contribution in [0, 0.1) is 0 Å². The van der Waals surface area contributed by atoms with Crippen LogP contribution < -0.4 is 41.0 Å². The van der Waals surface area contributed by atoms with Crippen LogP contribution in [0.5, 0.6) is 0 Å². The second-order valence-electron chi connectivity index (χ2n) is 2.92. The van der Waals surface area contributed by atoms with Crippen LogP contribution in [0.4, 0.5) is 0 Å². The van der Waals surface area contributed by atoms with E-state index >= 15 is 0 Å². The van der Waals surface area contributed by atoms with Gasteiger partial charge in [0.2, 0.25) is 0 Å². The van der Waals surface area contributed by atoms with Gasteiger partial charge in [0, 0.05) is 13.1 Å². The van der Waals surface area contributed by atoms with Crippen LogP contribution in [0.25, 0.3) is 0 Å². The third kappa shape index (κ3) is 31.3. The van der Waals surface area contributed by atoms with Gasteiger partial charge in [-0.1, -0.05) is 26.2 Å². The largest absolute Gasteiger partial charge is 1.00 e. The first-order valence-electron chi connectivity index (χ1n) is 4.83. The Bertz CT molecular complexity index is 201. The SMILES string of the molecule is CCCCCCS(=O)(=O)O.NCCN.[H-].[Na+]. The van der Waals surface area contributed by atoms with Gasteiger partial charge in [0.25, 0.3) is 10.1 Å². The van der Waals surface area contributed by atoms with E-state index in [1.807, 2.05) is 6.92 Å². The van der Waals surface area contributed by atoms with Gasteiger partial charge >= 0.3 is 29.6 Å². The normalized spacial score (nSPS) is 9.87. The molecule has 90 valence electrons. The predicted molar refractivity (Wildman–Crippen MR) is 59.8 cm³/mol. The standard InChI is InChI=1S/C6H14O3S.C2H8N2.Na.H/c1-2-3-4-5-6-10(7,8)9;3-1-2-4;;/h2-6H2,1H3,(H,7,8,9);1-4H2;;/q;;+1;-1. The van der Waals surface area contributed by atoms with Gasteiger partial charge in [-0.25, -0.2) is 0 Å². The fourth-order valence-electron chi connectivity index (χ4n) is 0.711. The van der Waals surface area contributed by atoms with Crippen LogP contribution >= 0.6 is 0 Å². The van der Waals surface area contributed by atoms with Crippen molar-refractivity contribution >= 4 is 10.1 Å². The van der Waals surface area contributed by atoms with E-state index in [0.29, 0.717) is 19.5 Å². The Morgan fingerprint density at radius 2 is 1.60 bits per heavy atom. The summed E-state index contributed by atoms with van der Waals surface area (Å²) in [4.78, 5) is 0. The van der Waals surface area contributed by atoms with Crippen LogP contribution in [-0.4, -0.2) is 31.8 Å². The Balaban J connectivity index is -0.000000105. The van der Waals surface area contributed by atoms with E-state index in [0.717, 1.165) is 19.3 Å². The maximum absolute atomic E-state index is 10.1. The molecule has 0 bridgehead atoms. The summed E-state index contributed by atoms with van der Waals surface area (Å²) < 4.78 is 28.6. The van der Waals surface area contributed by atoms with Crippen molar-refractivity contribution in [3.05, 3.63) is 0 Å². The molecule has 0 aliphatic heterocycles. The third-order valence-corrected chi connectivity index (χ3v) is 2.23. The van der Waals surface area contributed by atoms with E-state index in [-0.39, 0.29) is 36.7 Å². The molecule has 0 saturated carbocycles. The minimum absolute atomic E-state index is 0. The molecular formula is C8H23N2NaO3S. The second-order valence-corrected chi connectivity index (χ2v) is 4.50. The van der Waals surface area contributed by atoms with E-state index in [1.54, 1.807) is 0 Å². The minimum atomic E-state index is -3.70. The topological polar surface area (TPSA) is 106 Å². The molecule has 0 unspecified atom stereocenters. The van der Waals surface area contributed by atoms with E-state index < -0.39 is 10.1 Å². The van der Waals surface area contributed by atoms with Crippen LogP contribution in [-0.2, 0) is 10.1 Å². The van der Waals surface area contributed by atoms with Crippen molar-refractivity contribution in [1.82, 2.24) is 0 Å². The summed E-state index contributed by atoms with van der Waals surface area (Å²) in [5.74, 6) is -0.0903. The van der Waals surface area contributed by atoms with Crippen molar-refractivity contribution in [2.24, 2.45) is 11.5 Å². The van der Waals surface area contributed by atoms with E-state index in [9.17, 15) is 8.42 Å². The molecule has 0 aromatic rings. The van der Waals surface area contributed by atoms with Crippen LogP contribution in [0.15, 0.2) is 0 Å². The van der Waals surface area contributed by atoms with Crippen molar-refractivity contribution in [3.8, 4) is 0 Å². The Morgan fingerprint density at radius 3 is 1.87 bits per heavy atom. The third-order valence-electron chi connectivity index (χ3n) is 1.42. The molecule has 5 N–H and O–H groups in total. The number of hydrogen-bond donors (Lipinski definition) is 3. The summed E-state index contributed by atoms with van der Waals surface area (Å²) in [5.41, 5.74) is 9.81. The van der Waals surface area contributed by atoms with Gasteiger partial charge in [-0.2, -0.15) is 8.42 Å². The molecule has 0 amide bonds. The molecule has 0 aliphatic carbocycles. The zero-order chi connectivity index (χ0) is 11.4. The molecule has 0 heterocycles. The summed E-state index contributed by atoms with van der Waals surface area (Å²) in [7, 11) is -3.70. The maximum Gasteiger partial charge on any atom is 1.00 e. The fraction of sp³-hybridized carbons (Fsp3) is 1.00. The summed E-state index contributed by atoms with van der Waals surface area (Å²) in [6, 6.07) is 0. The smallest absolute Gasteiger partial charge is 1.00 e. The first kappa shape index (κ1) is 21.1. The van der Waals surface area contributed by atoms with Crippen molar-refractivity contribution in [1.29, 1.82) is 0 Å². The van der Waals surface area contributed by atoms with Crippen molar-refractivity contribution in [3.63, 3.8) is 0 Å². The predicted octanol–water partition coefficient (Wildman–Crippen LogP) is -2.53. The minimum Gasteiger partial charge on any atom is -1.00 e. The molecule has 0 radical (unpaired) electrons. The average molecular weight is 250 g/mol. The van der Waals surface area contributed by atoms with E-state index in [2.05, 4.69) is 0 Å². The first-order chi connectivity index (χ1) is 6.47. The zero-order valence-electron chi connectivity index (χ0n) is 10.8. The Labute approximate surface area is 117 Å². The molecular weight excluding hydrogens is 227 g/mol. The number of rotatable bonds is 6. The first-order valence-corrected chi connectivity index (χ1v) is 6.44. The van der Waals surface area contributed by atoms with Crippen molar-refractivity contribution < 1.29 is 44.0 Å². The molecule has 15 heavy (non-hydrogen) atoms. The van der Waals surface area contributed by atoms with Gasteiger partial charge in [0.15, 0.2) is 0 Å². The fourth-order valence-corrected chi connectivity index (χ4v) is 1.28. The van der Waals surface area contributed by atoms with Crippen molar-refractivity contribution in [2.75, 3.05) is 18.8 Å². The summed E-state index contributed by atoms with van der Waals surface area (Å²) in [6.45, 7) is 3.24. The van der Waals surface area contributed by atoms with Crippen LogP contribution in [0.3, 0.4) is 0 Å². The van der Waals surface area contributed by atoms with Crippen LogP contribution in [0.1, 0.15) is 34.0 Å². The molecule has 0 aliphatic rings. The van der Waals surface area contributed by atoms with Gasteiger partial charge in [0.05, 0.1) is 5.75 Å². The Kier molecular flexibility index (Phi) is 20.9. The molecule has 0 saturated heterocycles. The van der Waals surface area contributed by atoms with Crippen molar-refractivity contribution in [2.45, 2.75) is 32.6 Å². The number of hydrogen-bond acceptors (Lipinski definition) is 4. The monoisotopic (exact) mass is 250 g/mol. The second kappa shape index (κ2) is 14.8. The van der Waals surface area contributed by atoms with Gasteiger partial charge in [-0.05, 0) is 6.42 Å². The molecule has 0 spiro atoms. The Hall–Kier alpha value is 0.830. The number of unbranched alkanes of at least 4 members (excludes halogenated alkanes) is 3. The molecule has 0 atom stereocenters. The van der Waals surface area contributed by atoms with Gasteiger partial charge < -0.3 is 12.9 Å². The van der Waals surface area contributed by atoms with Gasteiger partial charge in [0.1, 0.15) is 0 Å². The van der Waals surface area contributed by atoms with E-state index in [4.69, 9.17) is 16.0 Å². The van der Waals surface area contributed by atoms with Crippen LogP contribution in [0.2, 0.25) is 0 Å². The molecule has 0 aromatic heterocycles. The molecule has 7 heteroatoms. The molecule has 5 nitrogen and oxygen atoms in total. The average Bonchev–Trinajstić information content (AvgIpc) is 2.11. The van der Waals surface area contributed by atoms with E-state index in [1.165, 1.54) is 0 Å².